The Morgan fingerprint density at radius 1 is 1.00 bits per heavy atom. The molecule has 1 amide bonds. The molecule has 0 radical (unpaired) electrons. The number of likely N-dealkylation sites (N-methyl/N-ethyl adjacent to an activating group) is 1. The van der Waals surface area contributed by atoms with Crippen molar-refractivity contribution in [2.24, 2.45) is 0 Å². The first-order valence-electron chi connectivity index (χ1n) is 8.88. The fourth-order valence-corrected chi connectivity index (χ4v) is 3.15. The van der Waals surface area contributed by atoms with Gasteiger partial charge in [-0.3, -0.25) is 4.79 Å². The van der Waals surface area contributed by atoms with Crippen molar-refractivity contribution in [2.45, 2.75) is 0 Å². The fraction of sp³-hybridized carbons (Fsp3) is 0.350. The van der Waals surface area contributed by atoms with Gasteiger partial charge >= 0.3 is 0 Å². The SMILES string of the molecule is COc1ccc(C(=O)Nc2cc(N)ccc2N2CCN(C)CC2)cc1OC. The molecule has 0 aromatic heterocycles. The van der Waals surface area contributed by atoms with Crippen LogP contribution in [0.15, 0.2) is 36.4 Å². The number of methoxy groups -OCH3 is 2. The van der Waals surface area contributed by atoms with Crippen LogP contribution in [0.5, 0.6) is 11.5 Å². The summed E-state index contributed by atoms with van der Waals surface area (Å²) in [6.45, 7) is 3.76. The summed E-state index contributed by atoms with van der Waals surface area (Å²) in [7, 11) is 5.22. The summed E-state index contributed by atoms with van der Waals surface area (Å²) in [5.74, 6) is 0.866. The van der Waals surface area contributed by atoms with Crippen LogP contribution >= 0.6 is 0 Å². The van der Waals surface area contributed by atoms with E-state index in [4.69, 9.17) is 15.2 Å². The van der Waals surface area contributed by atoms with Crippen molar-refractivity contribution in [1.29, 1.82) is 0 Å². The molecular weight excluding hydrogens is 344 g/mol. The molecule has 0 unspecified atom stereocenters. The molecule has 7 nitrogen and oxygen atoms in total. The number of nitrogens with two attached hydrogens (primary N) is 1. The van der Waals surface area contributed by atoms with Crippen LogP contribution < -0.4 is 25.4 Å². The van der Waals surface area contributed by atoms with Gasteiger partial charge in [0.25, 0.3) is 5.91 Å². The summed E-state index contributed by atoms with van der Waals surface area (Å²) in [6.07, 6.45) is 0. The second-order valence-electron chi connectivity index (χ2n) is 6.59. The first-order valence-corrected chi connectivity index (χ1v) is 8.88. The van der Waals surface area contributed by atoms with E-state index >= 15 is 0 Å². The molecule has 1 aliphatic heterocycles. The van der Waals surface area contributed by atoms with Gasteiger partial charge in [0.2, 0.25) is 0 Å². The summed E-state index contributed by atoms with van der Waals surface area (Å²) in [4.78, 5) is 17.4. The molecule has 144 valence electrons. The van der Waals surface area contributed by atoms with Crippen LogP contribution in [0.25, 0.3) is 0 Å². The zero-order valence-corrected chi connectivity index (χ0v) is 16.0. The predicted octanol–water partition coefficient (Wildman–Crippen LogP) is 2.29. The van der Waals surface area contributed by atoms with Gasteiger partial charge < -0.3 is 30.3 Å². The maximum absolute atomic E-state index is 12.8. The Hall–Kier alpha value is -2.93. The standard InChI is InChI=1S/C20H26N4O3/c1-23-8-10-24(11-9-23)17-6-5-15(21)13-16(17)22-20(25)14-4-7-18(26-2)19(12-14)27-3/h4-7,12-13H,8-11,21H2,1-3H3,(H,22,25). The van der Waals surface area contributed by atoms with Gasteiger partial charge in [-0.2, -0.15) is 0 Å². The van der Waals surface area contributed by atoms with E-state index < -0.39 is 0 Å². The van der Waals surface area contributed by atoms with E-state index in [2.05, 4.69) is 22.2 Å². The van der Waals surface area contributed by atoms with Gasteiger partial charge in [0.05, 0.1) is 25.6 Å². The lowest BCUT2D eigenvalue weighted by Gasteiger charge is -2.35. The van der Waals surface area contributed by atoms with Crippen LogP contribution in [-0.2, 0) is 0 Å². The number of carbonyl (C=O) groups excluding carboxylic acids is 1. The average molecular weight is 370 g/mol. The summed E-state index contributed by atoms with van der Waals surface area (Å²) in [5, 5.41) is 2.99. The molecule has 1 aliphatic rings. The molecule has 27 heavy (non-hydrogen) atoms. The molecule has 0 aliphatic carbocycles. The van der Waals surface area contributed by atoms with E-state index in [-0.39, 0.29) is 5.91 Å². The van der Waals surface area contributed by atoms with Gasteiger partial charge in [-0.25, -0.2) is 0 Å². The van der Waals surface area contributed by atoms with Gasteiger partial charge in [0, 0.05) is 37.4 Å². The predicted molar refractivity (Wildman–Crippen MR) is 108 cm³/mol. The zero-order chi connectivity index (χ0) is 19.4. The van der Waals surface area contributed by atoms with Gasteiger partial charge in [-0.05, 0) is 43.4 Å². The maximum atomic E-state index is 12.8. The molecule has 1 saturated heterocycles. The summed E-state index contributed by atoms with van der Waals surface area (Å²) in [5.41, 5.74) is 8.74. The Morgan fingerprint density at radius 3 is 2.37 bits per heavy atom. The van der Waals surface area contributed by atoms with E-state index in [1.807, 2.05) is 12.1 Å². The normalized spacial score (nSPS) is 14.7. The van der Waals surface area contributed by atoms with Crippen LogP contribution in [0, 0.1) is 0 Å². The smallest absolute Gasteiger partial charge is 0.255 e. The summed E-state index contributed by atoms with van der Waals surface area (Å²) in [6, 6.07) is 10.7. The lowest BCUT2D eigenvalue weighted by atomic mass is 10.1. The van der Waals surface area contributed by atoms with E-state index in [9.17, 15) is 4.79 Å². The monoisotopic (exact) mass is 370 g/mol. The van der Waals surface area contributed by atoms with Crippen molar-refractivity contribution < 1.29 is 14.3 Å². The van der Waals surface area contributed by atoms with E-state index in [1.165, 1.54) is 0 Å². The van der Waals surface area contributed by atoms with Gasteiger partial charge in [0.15, 0.2) is 11.5 Å². The van der Waals surface area contributed by atoms with E-state index in [0.29, 0.717) is 28.4 Å². The van der Waals surface area contributed by atoms with Crippen molar-refractivity contribution >= 4 is 23.0 Å². The van der Waals surface area contributed by atoms with Gasteiger partial charge in [-0.15, -0.1) is 0 Å². The number of hydrogen-bond donors (Lipinski definition) is 2. The largest absolute Gasteiger partial charge is 0.493 e. The molecule has 1 heterocycles. The minimum atomic E-state index is -0.225. The Balaban J connectivity index is 1.84. The van der Waals surface area contributed by atoms with Crippen LogP contribution in [0.2, 0.25) is 0 Å². The molecule has 0 spiro atoms. The number of ether oxygens (including phenoxy) is 2. The molecule has 3 N–H and O–H groups in total. The molecule has 3 rings (SSSR count). The fourth-order valence-electron chi connectivity index (χ4n) is 3.15. The minimum Gasteiger partial charge on any atom is -0.493 e. The second-order valence-corrected chi connectivity index (χ2v) is 6.59. The molecule has 0 atom stereocenters. The van der Waals surface area contributed by atoms with Crippen LogP contribution in [0.1, 0.15) is 10.4 Å². The highest BCUT2D eigenvalue weighted by Gasteiger charge is 2.19. The first-order chi connectivity index (χ1) is 13.0. The average Bonchev–Trinajstić information content (AvgIpc) is 2.68. The molecule has 2 aromatic rings. The number of nitrogens with zero attached hydrogens (tertiary/aromatic N) is 2. The molecule has 2 aromatic carbocycles. The number of benzene rings is 2. The third-order valence-electron chi connectivity index (χ3n) is 4.76. The first kappa shape index (κ1) is 18.8. The summed E-state index contributed by atoms with van der Waals surface area (Å²) < 4.78 is 10.5. The highest BCUT2D eigenvalue weighted by atomic mass is 16.5. The number of nitrogens with one attached hydrogen (secondary N) is 1. The Bertz CT molecular complexity index is 817. The number of hydrogen-bond acceptors (Lipinski definition) is 6. The molecule has 1 fully saturated rings. The topological polar surface area (TPSA) is 80.1 Å². The second kappa shape index (κ2) is 8.18. The maximum Gasteiger partial charge on any atom is 0.255 e. The third-order valence-corrected chi connectivity index (χ3v) is 4.76. The van der Waals surface area contributed by atoms with Gasteiger partial charge in [-0.1, -0.05) is 0 Å². The number of piperazine rings is 1. The van der Waals surface area contributed by atoms with Crippen molar-refractivity contribution in [3.8, 4) is 11.5 Å². The highest BCUT2D eigenvalue weighted by molar-refractivity contribution is 6.06. The lowest BCUT2D eigenvalue weighted by Crippen LogP contribution is -2.44. The lowest BCUT2D eigenvalue weighted by molar-refractivity contribution is 0.102. The molecule has 7 heteroatoms. The number of rotatable bonds is 5. The number of amides is 1. The molecule has 0 bridgehead atoms. The Morgan fingerprint density at radius 2 is 1.70 bits per heavy atom. The quantitative estimate of drug-likeness (QED) is 0.786. The van der Waals surface area contributed by atoms with Crippen LogP contribution in [-0.4, -0.2) is 58.3 Å². The highest BCUT2D eigenvalue weighted by Crippen LogP contribution is 2.31. The van der Waals surface area contributed by atoms with Crippen molar-refractivity contribution in [1.82, 2.24) is 4.90 Å². The van der Waals surface area contributed by atoms with E-state index in [0.717, 1.165) is 31.9 Å². The van der Waals surface area contributed by atoms with Gasteiger partial charge in [0.1, 0.15) is 0 Å². The number of anilines is 3. The molecular formula is C20H26N4O3. The van der Waals surface area contributed by atoms with Crippen molar-refractivity contribution in [3.63, 3.8) is 0 Å². The molecule has 0 saturated carbocycles. The number of carbonyl (C=O) groups is 1. The van der Waals surface area contributed by atoms with Crippen LogP contribution in [0.4, 0.5) is 17.1 Å². The zero-order valence-electron chi connectivity index (χ0n) is 16.0. The Labute approximate surface area is 159 Å². The minimum absolute atomic E-state index is 0.225. The van der Waals surface area contributed by atoms with Crippen molar-refractivity contribution in [3.05, 3.63) is 42.0 Å². The number of nitrogen functional groups attached to an aromatic ring is 1. The Kier molecular flexibility index (Phi) is 5.71. The van der Waals surface area contributed by atoms with Crippen molar-refractivity contribution in [2.75, 3.05) is 63.4 Å². The van der Waals surface area contributed by atoms with Crippen LogP contribution in [0.3, 0.4) is 0 Å². The van der Waals surface area contributed by atoms with E-state index in [1.54, 1.807) is 38.5 Å². The third kappa shape index (κ3) is 4.25. The summed E-state index contributed by atoms with van der Waals surface area (Å²) >= 11 is 0.